The van der Waals surface area contributed by atoms with Crippen LogP contribution in [0.5, 0.6) is 0 Å². The van der Waals surface area contributed by atoms with Crippen molar-refractivity contribution >= 4 is 5.70 Å². The van der Waals surface area contributed by atoms with Gasteiger partial charge in [0.05, 0.1) is 5.70 Å². The van der Waals surface area contributed by atoms with Crippen LogP contribution in [0.15, 0.2) is 30.0 Å². The van der Waals surface area contributed by atoms with E-state index in [2.05, 4.69) is 29.6 Å². The second kappa shape index (κ2) is 1.26. The lowest BCUT2D eigenvalue weighted by Crippen LogP contribution is -1.95. The Morgan fingerprint density at radius 3 is 3.00 bits per heavy atom. The molecular weight excluding hydrogens is 122 g/mol. The van der Waals surface area contributed by atoms with Crippen LogP contribution in [-0.2, 0) is 6.42 Å². The third-order valence-electron chi connectivity index (χ3n) is 2.17. The highest BCUT2D eigenvalue weighted by Crippen LogP contribution is 2.38. The monoisotopic (exact) mass is 129 g/mol. The first kappa shape index (κ1) is 4.56. The van der Waals surface area contributed by atoms with Crippen LogP contribution in [0.2, 0.25) is 0 Å². The topological polar surface area (TPSA) is 21.9 Å². The zero-order valence-corrected chi connectivity index (χ0v) is 5.52. The zero-order valence-electron chi connectivity index (χ0n) is 5.52. The quantitative estimate of drug-likeness (QED) is 0.563. The highest BCUT2D eigenvalue weighted by molar-refractivity contribution is 5.85. The first-order valence-corrected chi connectivity index (χ1v) is 3.53. The smallest absolute Gasteiger partial charge is 0.0658 e. The van der Waals surface area contributed by atoms with Gasteiger partial charge in [-0.15, -0.1) is 0 Å². The van der Waals surface area contributed by atoms with Gasteiger partial charge in [0.25, 0.3) is 0 Å². The summed E-state index contributed by atoms with van der Waals surface area (Å²) >= 11 is 0. The molecule has 0 radical (unpaired) electrons. The van der Waals surface area contributed by atoms with Gasteiger partial charge in [-0.3, -0.25) is 0 Å². The Bertz CT molecular complexity index is 336. The normalized spacial score (nSPS) is 18.0. The lowest BCUT2D eigenvalue weighted by Gasteiger charge is -2.01. The summed E-state index contributed by atoms with van der Waals surface area (Å²) in [6.07, 6.45) is 1.13. The Kier molecular flexibility index (Phi) is 0.575. The van der Waals surface area contributed by atoms with Crippen molar-refractivity contribution in [3.05, 3.63) is 41.1 Å². The maximum atomic E-state index is 3.26. The van der Waals surface area contributed by atoms with Crippen LogP contribution >= 0.6 is 0 Å². The maximum absolute atomic E-state index is 3.26. The first-order valence-electron chi connectivity index (χ1n) is 3.53. The highest BCUT2D eigenvalue weighted by atomic mass is 15.1. The SMILES string of the molecule is c1ccc2c(c1)CC1=C2N1. The molecule has 1 nitrogen and oxygen atoms in total. The molecule has 2 aliphatic rings. The minimum atomic E-state index is 1.13. The van der Waals surface area contributed by atoms with Gasteiger partial charge in [-0.05, 0) is 5.56 Å². The number of rotatable bonds is 0. The lowest BCUT2D eigenvalue weighted by molar-refractivity contribution is 1.11. The standard InChI is InChI=1S/C9H7N/c1-2-4-7-6(3-1)5-8-9(7)10-8/h1-4,10H,5H2. The van der Waals surface area contributed by atoms with Gasteiger partial charge in [0.1, 0.15) is 0 Å². The van der Waals surface area contributed by atoms with Crippen LogP contribution in [0.3, 0.4) is 0 Å². The molecule has 1 aromatic carbocycles. The van der Waals surface area contributed by atoms with Crippen LogP contribution in [0.4, 0.5) is 0 Å². The molecule has 1 heteroatoms. The van der Waals surface area contributed by atoms with Crippen molar-refractivity contribution in [1.82, 2.24) is 5.32 Å². The number of allylic oxidation sites excluding steroid dienone is 1. The van der Waals surface area contributed by atoms with Crippen molar-refractivity contribution in [3.8, 4) is 0 Å². The predicted molar refractivity (Wildman–Crippen MR) is 40.2 cm³/mol. The average molecular weight is 129 g/mol. The summed E-state index contributed by atoms with van der Waals surface area (Å²) in [4.78, 5) is 0. The van der Waals surface area contributed by atoms with Gasteiger partial charge in [0.2, 0.25) is 0 Å². The van der Waals surface area contributed by atoms with Crippen LogP contribution < -0.4 is 5.32 Å². The molecule has 0 spiro atoms. The molecule has 1 aliphatic heterocycles. The van der Waals surface area contributed by atoms with E-state index >= 15 is 0 Å². The van der Waals surface area contributed by atoms with Gasteiger partial charge in [-0.2, -0.15) is 0 Å². The molecule has 0 saturated heterocycles. The highest BCUT2D eigenvalue weighted by Gasteiger charge is 2.30. The molecule has 0 amide bonds. The number of nitrogens with one attached hydrogen (secondary N) is 1. The van der Waals surface area contributed by atoms with Gasteiger partial charge in [0.15, 0.2) is 0 Å². The van der Waals surface area contributed by atoms with E-state index in [4.69, 9.17) is 0 Å². The van der Waals surface area contributed by atoms with Crippen LogP contribution in [0, 0.1) is 0 Å². The minimum Gasteiger partial charge on any atom is -0.355 e. The Hall–Kier alpha value is -1.24. The lowest BCUT2D eigenvalue weighted by atomic mass is 10.1. The fourth-order valence-corrected chi connectivity index (χ4v) is 1.59. The molecule has 10 heavy (non-hydrogen) atoms. The Labute approximate surface area is 59.4 Å². The summed E-state index contributed by atoms with van der Waals surface area (Å²) in [5.41, 5.74) is 5.71. The number of hydrogen-bond acceptors (Lipinski definition) is 1. The number of benzene rings is 1. The Balaban J connectivity index is 2.30. The number of fused-ring (bicyclic) bond motifs is 2. The summed E-state index contributed by atoms with van der Waals surface area (Å²) < 4.78 is 0. The second-order valence-electron chi connectivity index (χ2n) is 2.81. The Morgan fingerprint density at radius 1 is 1.20 bits per heavy atom. The van der Waals surface area contributed by atoms with Crippen LogP contribution in [-0.4, -0.2) is 0 Å². The molecule has 0 unspecified atom stereocenters. The van der Waals surface area contributed by atoms with E-state index in [0.717, 1.165) is 6.42 Å². The molecular formula is C9H7N. The predicted octanol–water partition coefficient (Wildman–Crippen LogP) is 1.51. The van der Waals surface area contributed by atoms with E-state index in [1.165, 1.54) is 22.5 Å². The van der Waals surface area contributed by atoms with Gasteiger partial charge in [-0.1, -0.05) is 24.3 Å². The summed E-state index contributed by atoms with van der Waals surface area (Å²) in [6.45, 7) is 0. The summed E-state index contributed by atoms with van der Waals surface area (Å²) in [5.74, 6) is 0. The molecule has 0 saturated carbocycles. The van der Waals surface area contributed by atoms with Crippen molar-refractivity contribution in [2.24, 2.45) is 0 Å². The van der Waals surface area contributed by atoms with Crippen molar-refractivity contribution in [2.75, 3.05) is 0 Å². The van der Waals surface area contributed by atoms with E-state index in [-0.39, 0.29) is 0 Å². The Morgan fingerprint density at radius 2 is 2.10 bits per heavy atom. The molecule has 0 fully saturated rings. The number of hydrogen-bond donors (Lipinski definition) is 1. The van der Waals surface area contributed by atoms with Crippen molar-refractivity contribution in [2.45, 2.75) is 6.42 Å². The van der Waals surface area contributed by atoms with E-state index in [1.807, 2.05) is 0 Å². The van der Waals surface area contributed by atoms with Crippen LogP contribution in [0.25, 0.3) is 5.70 Å². The van der Waals surface area contributed by atoms with Gasteiger partial charge >= 0.3 is 0 Å². The third kappa shape index (κ3) is 0.397. The van der Waals surface area contributed by atoms with Gasteiger partial charge in [-0.25, -0.2) is 0 Å². The summed E-state index contributed by atoms with van der Waals surface area (Å²) in [5, 5.41) is 3.26. The van der Waals surface area contributed by atoms with Crippen molar-refractivity contribution in [1.29, 1.82) is 0 Å². The maximum Gasteiger partial charge on any atom is 0.0658 e. The van der Waals surface area contributed by atoms with E-state index < -0.39 is 0 Å². The van der Waals surface area contributed by atoms with Crippen molar-refractivity contribution < 1.29 is 0 Å². The zero-order chi connectivity index (χ0) is 6.55. The first-order chi connectivity index (χ1) is 4.95. The van der Waals surface area contributed by atoms with Crippen LogP contribution in [0.1, 0.15) is 11.1 Å². The van der Waals surface area contributed by atoms with Crippen molar-refractivity contribution in [3.63, 3.8) is 0 Å². The van der Waals surface area contributed by atoms with E-state index in [1.54, 1.807) is 0 Å². The minimum absolute atomic E-state index is 1.13. The molecule has 48 valence electrons. The fraction of sp³-hybridized carbons (Fsp3) is 0.111. The second-order valence-corrected chi connectivity index (χ2v) is 2.81. The fourth-order valence-electron chi connectivity index (χ4n) is 1.59. The molecule has 0 atom stereocenters. The van der Waals surface area contributed by atoms with Gasteiger partial charge in [0, 0.05) is 17.7 Å². The average Bonchev–Trinajstić information content (AvgIpc) is 2.64. The molecule has 1 aliphatic carbocycles. The molecule has 1 aromatic rings. The molecule has 0 aromatic heterocycles. The van der Waals surface area contributed by atoms with Gasteiger partial charge < -0.3 is 5.32 Å². The third-order valence-corrected chi connectivity index (χ3v) is 2.17. The molecule has 0 bridgehead atoms. The largest absolute Gasteiger partial charge is 0.355 e. The molecule has 1 N–H and O–H groups in total. The summed E-state index contributed by atoms with van der Waals surface area (Å²) in [6, 6.07) is 8.57. The molecule has 3 rings (SSSR count). The van der Waals surface area contributed by atoms with E-state index in [0.29, 0.717) is 0 Å². The van der Waals surface area contributed by atoms with E-state index in [9.17, 15) is 0 Å². The molecule has 1 heterocycles. The summed E-state index contributed by atoms with van der Waals surface area (Å²) in [7, 11) is 0.